The van der Waals surface area contributed by atoms with Gasteiger partial charge in [-0.25, -0.2) is 9.78 Å². The summed E-state index contributed by atoms with van der Waals surface area (Å²) in [6.07, 6.45) is 1.71. The number of nitrogens with zero attached hydrogens (tertiary/aromatic N) is 1. The number of hydrogen-bond acceptors (Lipinski definition) is 3. The van der Waals surface area contributed by atoms with Crippen molar-refractivity contribution in [3.63, 3.8) is 0 Å². The van der Waals surface area contributed by atoms with Gasteiger partial charge in [-0.15, -0.1) is 0 Å². The van der Waals surface area contributed by atoms with Gasteiger partial charge in [0.25, 0.3) is 0 Å². The van der Waals surface area contributed by atoms with Gasteiger partial charge >= 0.3 is 6.09 Å². The van der Waals surface area contributed by atoms with E-state index in [4.69, 9.17) is 16.3 Å². The quantitative estimate of drug-likeness (QED) is 0.355. The molecule has 0 unspecified atom stereocenters. The zero-order valence-corrected chi connectivity index (χ0v) is 17.4. The van der Waals surface area contributed by atoms with E-state index in [-0.39, 0.29) is 5.92 Å². The van der Waals surface area contributed by atoms with E-state index in [1.54, 1.807) is 6.20 Å². The molecule has 30 heavy (non-hydrogen) atoms. The third-order valence-electron chi connectivity index (χ3n) is 5.19. The fraction of sp³-hybridized carbons (Fsp3) is 0.200. The Hall–Kier alpha value is -3.29. The monoisotopic (exact) mass is 416 g/mol. The maximum absolute atomic E-state index is 12.2. The van der Waals surface area contributed by atoms with Gasteiger partial charge in [0.15, 0.2) is 0 Å². The molecule has 3 aromatic rings. The number of nitrogens with one attached hydrogen (secondary N) is 1. The van der Waals surface area contributed by atoms with Crippen LogP contribution in [-0.4, -0.2) is 24.2 Å². The molecule has 150 valence electrons. The van der Waals surface area contributed by atoms with E-state index in [0.29, 0.717) is 24.7 Å². The highest BCUT2D eigenvalue weighted by Gasteiger charge is 2.28. The molecule has 0 atom stereocenters. The first kappa shape index (κ1) is 20.0. The van der Waals surface area contributed by atoms with E-state index in [2.05, 4.69) is 46.4 Å². The number of carbonyl (C=O) groups excluding carboxylic acids is 1. The van der Waals surface area contributed by atoms with Crippen molar-refractivity contribution in [2.45, 2.75) is 19.3 Å². The van der Waals surface area contributed by atoms with Gasteiger partial charge in [0.05, 0.1) is 5.56 Å². The molecule has 0 saturated carbocycles. The maximum atomic E-state index is 12.2. The summed E-state index contributed by atoms with van der Waals surface area (Å²) in [7, 11) is 0. The third kappa shape index (κ3) is 4.17. The van der Waals surface area contributed by atoms with Crippen molar-refractivity contribution in [1.82, 2.24) is 10.3 Å². The number of pyridine rings is 1. The Morgan fingerprint density at radius 3 is 2.43 bits per heavy atom. The largest absolute Gasteiger partial charge is 0.449 e. The lowest BCUT2D eigenvalue weighted by Gasteiger charge is -2.14. The highest BCUT2D eigenvalue weighted by atomic mass is 35.5. The molecular formula is C25H21ClN2O2. The number of aryl methyl sites for hydroxylation is 1. The average molecular weight is 417 g/mol. The summed E-state index contributed by atoms with van der Waals surface area (Å²) in [4.78, 5) is 16.2. The molecule has 1 amide bonds. The molecule has 0 saturated heterocycles. The average Bonchev–Trinajstić information content (AvgIpc) is 3.08. The second kappa shape index (κ2) is 9.02. The number of halogens is 1. The molecule has 4 nitrogen and oxygen atoms in total. The fourth-order valence-electron chi connectivity index (χ4n) is 3.70. The predicted octanol–water partition coefficient (Wildman–Crippen LogP) is 5.32. The molecule has 1 aliphatic rings. The smallest absolute Gasteiger partial charge is 0.407 e. The van der Waals surface area contributed by atoms with Crippen LogP contribution in [0.4, 0.5) is 4.79 Å². The number of rotatable bonds is 4. The van der Waals surface area contributed by atoms with Crippen molar-refractivity contribution in [2.24, 2.45) is 0 Å². The summed E-state index contributed by atoms with van der Waals surface area (Å²) in [5.41, 5.74) is 6.51. The van der Waals surface area contributed by atoms with Crippen molar-refractivity contribution in [2.75, 3.05) is 13.2 Å². The summed E-state index contributed by atoms with van der Waals surface area (Å²) in [6.45, 7) is 2.64. The minimum absolute atomic E-state index is 0.0543. The van der Waals surface area contributed by atoms with E-state index in [1.165, 1.54) is 22.3 Å². The summed E-state index contributed by atoms with van der Waals surface area (Å²) < 4.78 is 5.51. The first-order valence-electron chi connectivity index (χ1n) is 9.84. The van der Waals surface area contributed by atoms with Crippen LogP contribution in [0.2, 0.25) is 5.15 Å². The SMILES string of the molecule is Cc1ccnc(Cl)c1C#CCCNC(=O)OCC1c2ccccc2-c2ccccc21. The number of hydrogen-bond donors (Lipinski definition) is 1. The lowest BCUT2D eigenvalue weighted by atomic mass is 9.98. The van der Waals surface area contributed by atoms with E-state index in [0.717, 1.165) is 11.1 Å². The first-order chi connectivity index (χ1) is 14.6. The molecule has 0 bridgehead atoms. The second-order valence-corrected chi connectivity index (χ2v) is 7.46. The van der Waals surface area contributed by atoms with E-state index in [9.17, 15) is 4.79 Å². The van der Waals surface area contributed by atoms with Crippen LogP contribution in [0.1, 0.15) is 34.6 Å². The number of fused-ring (bicyclic) bond motifs is 3. The van der Waals surface area contributed by atoms with Crippen LogP contribution < -0.4 is 5.32 Å². The molecule has 0 aliphatic heterocycles. The summed E-state index contributed by atoms with van der Waals surface area (Å²) in [5.74, 6) is 6.09. The van der Waals surface area contributed by atoms with Crippen molar-refractivity contribution < 1.29 is 9.53 Å². The van der Waals surface area contributed by atoms with Gasteiger partial charge in [-0.05, 0) is 40.8 Å². The second-order valence-electron chi connectivity index (χ2n) is 7.10. The number of amides is 1. The third-order valence-corrected chi connectivity index (χ3v) is 5.48. The lowest BCUT2D eigenvalue weighted by molar-refractivity contribution is 0.143. The van der Waals surface area contributed by atoms with Gasteiger partial charge in [-0.3, -0.25) is 0 Å². The highest BCUT2D eigenvalue weighted by Crippen LogP contribution is 2.44. The lowest BCUT2D eigenvalue weighted by Crippen LogP contribution is -2.26. The maximum Gasteiger partial charge on any atom is 0.407 e. The standard InChI is InChI=1S/C25H21ClN2O2/c1-17-13-15-27-24(26)18(17)8-6-7-14-28-25(29)30-16-23-21-11-4-2-9-19(21)20-10-3-5-12-22(20)23/h2-5,9-13,15,23H,7,14,16H2,1H3,(H,28,29). The zero-order chi connectivity index (χ0) is 20.9. The van der Waals surface area contributed by atoms with Crippen molar-refractivity contribution in [1.29, 1.82) is 0 Å². The Kier molecular flexibility index (Phi) is 6.02. The topological polar surface area (TPSA) is 51.2 Å². The minimum Gasteiger partial charge on any atom is -0.449 e. The van der Waals surface area contributed by atoms with Crippen molar-refractivity contribution >= 4 is 17.7 Å². The van der Waals surface area contributed by atoms with E-state index >= 15 is 0 Å². The highest BCUT2D eigenvalue weighted by molar-refractivity contribution is 6.30. The zero-order valence-electron chi connectivity index (χ0n) is 16.6. The number of alkyl carbamates (subject to hydrolysis) is 1. The van der Waals surface area contributed by atoms with Crippen LogP contribution in [0, 0.1) is 18.8 Å². The molecular weight excluding hydrogens is 396 g/mol. The molecule has 1 N–H and O–H groups in total. The van der Waals surface area contributed by atoms with E-state index < -0.39 is 6.09 Å². The molecule has 0 radical (unpaired) electrons. The molecule has 2 aromatic carbocycles. The van der Waals surface area contributed by atoms with Crippen molar-refractivity contribution in [3.8, 4) is 23.0 Å². The van der Waals surface area contributed by atoms with Gasteiger partial charge in [0, 0.05) is 25.1 Å². The number of carbonyl (C=O) groups is 1. The molecule has 0 fully saturated rings. The molecule has 1 heterocycles. The Balaban J connectivity index is 1.31. The Labute approximate surface area is 181 Å². The van der Waals surface area contributed by atoms with Crippen LogP contribution >= 0.6 is 11.6 Å². The van der Waals surface area contributed by atoms with E-state index in [1.807, 2.05) is 37.3 Å². The molecule has 1 aromatic heterocycles. The van der Waals surface area contributed by atoms with Crippen LogP contribution in [-0.2, 0) is 4.74 Å². The first-order valence-corrected chi connectivity index (χ1v) is 10.2. The molecule has 1 aliphatic carbocycles. The van der Waals surface area contributed by atoms with Crippen LogP contribution in [0.5, 0.6) is 0 Å². The Bertz CT molecular complexity index is 1080. The van der Waals surface area contributed by atoms with Gasteiger partial charge in [-0.1, -0.05) is 72.0 Å². The summed E-state index contributed by atoms with van der Waals surface area (Å²) in [5, 5.41) is 3.15. The molecule has 5 heteroatoms. The van der Waals surface area contributed by atoms with Gasteiger partial charge < -0.3 is 10.1 Å². The Morgan fingerprint density at radius 2 is 1.77 bits per heavy atom. The normalized spacial score (nSPS) is 11.8. The minimum atomic E-state index is -0.436. The number of ether oxygens (including phenoxy) is 1. The van der Waals surface area contributed by atoms with Crippen LogP contribution in [0.3, 0.4) is 0 Å². The van der Waals surface area contributed by atoms with Gasteiger partial charge in [-0.2, -0.15) is 0 Å². The van der Waals surface area contributed by atoms with Gasteiger partial charge in [0.2, 0.25) is 0 Å². The van der Waals surface area contributed by atoms with Gasteiger partial charge in [0.1, 0.15) is 11.8 Å². The summed E-state index contributed by atoms with van der Waals surface area (Å²) >= 11 is 6.06. The molecule has 4 rings (SSSR count). The Morgan fingerprint density at radius 1 is 1.10 bits per heavy atom. The van der Waals surface area contributed by atoms with Crippen LogP contribution in [0.25, 0.3) is 11.1 Å². The molecule has 0 spiro atoms. The fourth-order valence-corrected chi connectivity index (χ4v) is 3.96. The summed E-state index contributed by atoms with van der Waals surface area (Å²) in [6, 6.07) is 18.4. The number of benzene rings is 2. The van der Waals surface area contributed by atoms with Crippen molar-refractivity contribution in [3.05, 3.63) is 88.2 Å². The van der Waals surface area contributed by atoms with Crippen LogP contribution in [0.15, 0.2) is 60.8 Å². The number of aromatic nitrogens is 1. The predicted molar refractivity (Wildman–Crippen MR) is 119 cm³/mol.